The molecular formula is C16H26N2O2. The molecule has 1 aromatic rings. The van der Waals surface area contributed by atoms with Crippen molar-refractivity contribution in [3.8, 4) is 5.75 Å². The van der Waals surface area contributed by atoms with E-state index >= 15 is 0 Å². The van der Waals surface area contributed by atoms with Gasteiger partial charge in [0.05, 0.1) is 19.4 Å². The lowest BCUT2D eigenvalue weighted by Crippen LogP contribution is -2.46. The molecule has 4 nitrogen and oxygen atoms in total. The third-order valence-electron chi connectivity index (χ3n) is 4.49. The smallest absolute Gasteiger partial charge is 0.128 e. The van der Waals surface area contributed by atoms with Gasteiger partial charge in [-0.25, -0.2) is 0 Å². The first-order valence-electron chi connectivity index (χ1n) is 7.44. The molecule has 4 heteroatoms. The van der Waals surface area contributed by atoms with Crippen LogP contribution < -0.4 is 4.74 Å². The van der Waals surface area contributed by atoms with Gasteiger partial charge in [-0.2, -0.15) is 0 Å². The molecule has 1 fully saturated rings. The fraction of sp³-hybridized carbons (Fsp3) is 0.688. The van der Waals surface area contributed by atoms with Gasteiger partial charge in [0.15, 0.2) is 0 Å². The molecule has 2 heterocycles. The highest BCUT2D eigenvalue weighted by molar-refractivity contribution is 5.41. The number of rotatable bonds is 4. The Morgan fingerprint density at radius 1 is 1.40 bits per heavy atom. The first-order chi connectivity index (χ1) is 9.58. The Bertz CT molecular complexity index is 462. The monoisotopic (exact) mass is 278 g/mol. The Morgan fingerprint density at radius 2 is 2.15 bits per heavy atom. The molecule has 1 aliphatic rings. The van der Waals surface area contributed by atoms with Gasteiger partial charge in [0, 0.05) is 36.0 Å². The van der Waals surface area contributed by atoms with Crippen LogP contribution in [0.25, 0.3) is 0 Å². The van der Waals surface area contributed by atoms with E-state index in [0.29, 0.717) is 6.04 Å². The number of ether oxygens (including phenoxy) is 1. The highest BCUT2D eigenvalue weighted by Gasteiger charge is 2.28. The van der Waals surface area contributed by atoms with Crippen molar-refractivity contribution >= 4 is 0 Å². The van der Waals surface area contributed by atoms with E-state index in [-0.39, 0.29) is 12.6 Å². The van der Waals surface area contributed by atoms with Crippen molar-refractivity contribution in [3.63, 3.8) is 0 Å². The summed E-state index contributed by atoms with van der Waals surface area (Å²) < 4.78 is 5.48. The van der Waals surface area contributed by atoms with E-state index in [2.05, 4.69) is 23.7 Å². The second-order valence-electron chi connectivity index (χ2n) is 5.83. The summed E-state index contributed by atoms with van der Waals surface area (Å²) in [7, 11) is 1.71. The summed E-state index contributed by atoms with van der Waals surface area (Å²) in [5.41, 5.74) is 3.24. The molecule has 0 bridgehead atoms. The van der Waals surface area contributed by atoms with Gasteiger partial charge in [-0.3, -0.25) is 9.88 Å². The molecule has 2 atom stereocenters. The number of likely N-dealkylation sites (tertiary alicyclic amines) is 1. The van der Waals surface area contributed by atoms with Gasteiger partial charge in [-0.05, 0) is 33.6 Å². The lowest BCUT2D eigenvalue weighted by Gasteiger charge is -2.40. The van der Waals surface area contributed by atoms with Gasteiger partial charge in [-0.15, -0.1) is 0 Å². The van der Waals surface area contributed by atoms with Crippen LogP contribution >= 0.6 is 0 Å². The number of nitrogens with zero attached hydrogens (tertiary/aromatic N) is 2. The molecule has 0 amide bonds. The topological polar surface area (TPSA) is 45.6 Å². The minimum absolute atomic E-state index is 0.229. The Morgan fingerprint density at radius 3 is 2.80 bits per heavy atom. The number of piperidine rings is 1. The van der Waals surface area contributed by atoms with Crippen LogP contribution in [0.4, 0.5) is 0 Å². The van der Waals surface area contributed by atoms with Gasteiger partial charge in [-0.1, -0.05) is 6.42 Å². The maximum absolute atomic E-state index is 9.58. The lowest BCUT2D eigenvalue weighted by molar-refractivity contribution is 0.0439. The van der Waals surface area contributed by atoms with Gasteiger partial charge in [0.2, 0.25) is 0 Å². The van der Waals surface area contributed by atoms with Crippen LogP contribution in [0, 0.1) is 13.8 Å². The number of aryl methyl sites for hydroxylation is 1. The van der Waals surface area contributed by atoms with E-state index in [1.54, 1.807) is 7.11 Å². The minimum Gasteiger partial charge on any atom is -0.496 e. The quantitative estimate of drug-likeness (QED) is 0.919. The van der Waals surface area contributed by atoms with Crippen LogP contribution in [-0.2, 0) is 6.54 Å². The van der Waals surface area contributed by atoms with Crippen LogP contribution in [0.1, 0.15) is 43.0 Å². The van der Waals surface area contributed by atoms with E-state index in [0.717, 1.165) is 35.5 Å². The van der Waals surface area contributed by atoms with Crippen molar-refractivity contribution in [2.24, 2.45) is 0 Å². The van der Waals surface area contributed by atoms with Crippen molar-refractivity contribution in [2.75, 3.05) is 13.7 Å². The Hall–Kier alpha value is -1.13. The molecule has 1 aliphatic heterocycles. The number of methoxy groups -OCH3 is 1. The maximum Gasteiger partial charge on any atom is 0.128 e. The molecule has 0 radical (unpaired) electrons. The standard InChI is InChI=1S/C16H26N2O2/c1-11-8-17-15(13(3)16(11)20-4)9-18-12(2)6-5-7-14(18)10-19/h8,12,14,19H,5-7,9-10H2,1-4H3. The zero-order chi connectivity index (χ0) is 14.7. The Balaban J connectivity index is 2.24. The Labute approximate surface area is 121 Å². The molecule has 20 heavy (non-hydrogen) atoms. The van der Waals surface area contributed by atoms with Gasteiger partial charge < -0.3 is 9.84 Å². The number of aliphatic hydroxyl groups excluding tert-OH is 1. The number of hydrogen-bond acceptors (Lipinski definition) is 4. The van der Waals surface area contributed by atoms with E-state index < -0.39 is 0 Å². The molecule has 0 aliphatic carbocycles. The largest absolute Gasteiger partial charge is 0.496 e. The van der Waals surface area contributed by atoms with Gasteiger partial charge in [0.1, 0.15) is 5.75 Å². The zero-order valence-electron chi connectivity index (χ0n) is 13.0. The minimum atomic E-state index is 0.229. The predicted octanol–water partition coefficient (Wildman–Crippen LogP) is 2.44. The first kappa shape index (κ1) is 15.3. The predicted molar refractivity (Wildman–Crippen MR) is 80.0 cm³/mol. The van der Waals surface area contributed by atoms with Crippen molar-refractivity contribution < 1.29 is 9.84 Å². The molecule has 0 spiro atoms. The van der Waals surface area contributed by atoms with E-state index in [1.807, 2.05) is 13.1 Å². The van der Waals surface area contributed by atoms with Crippen LogP contribution in [0.15, 0.2) is 6.20 Å². The summed E-state index contributed by atoms with van der Waals surface area (Å²) in [6.45, 7) is 7.34. The number of hydrogen-bond donors (Lipinski definition) is 1. The lowest BCUT2D eigenvalue weighted by atomic mass is 9.96. The maximum atomic E-state index is 9.58. The van der Waals surface area contributed by atoms with Gasteiger partial charge >= 0.3 is 0 Å². The summed E-state index contributed by atoms with van der Waals surface area (Å²) in [6.07, 6.45) is 5.34. The molecule has 1 saturated heterocycles. The average molecular weight is 278 g/mol. The molecule has 1 aromatic heterocycles. The van der Waals surface area contributed by atoms with Crippen LogP contribution in [0.5, 0.6) is 5.75 Å². The molecule has 0 aromatic carbocycles. The van der Waals surface area contributed by atoms with Crippen LogP contribution in [0.3, 0.4) is 0 Å². The van der Waals surface area contributed by atoms with Crippen molar-refractivity contribution in [3.05, 3.63) is 23.0 Å². The Kier molecular flexibility index (Phi) is 5.00. The van der Waals surface area contributed by atoms with E-state index in [9.17, 15) is 5.11 Å². The highest BCUT2D eigenvalue weighted by Crippen LogP contribution is 2.28. The molecule has 0 saturated carbocycles. The number of aliphatic hydroxyl groups is 1. The fourth-order valence-corrected chi connectivity index (χ4v) is 3.22. The second-order valence-corrected chi connectivity index (χ2v) is 5.83. The average Bonchev–Trinajstić information content (AvgIpc) is 2.44. The zero-order valence-corrected chi connectivity index (χ0v) is 13.0. The van der Waals surface area contributed by atoms with Crippen molar-refractivity contribution in [2.45, 2.75) is 58.7 Å². The van der Waals surface area contributed by atoms with E-state index in [4.69, 9.17) is 4.74 Å². The molecule has 2 unspecified atom stereocenters. The summed E-state index contributed by atoms with van der Waals surface area (Å²) in [6, 6.07) is 0.752. The SMILES string of the molecule is COc1c(C)cnc(CN2C(C)CCCC2CO)c1C. The highest BCUT2D eigenvalue weighted by atomic mass is 16.5. The summed E-state index contributed by atoms with van der Waals surface area (Å²) >= 11 is 0. The van der Waals surface area contributed by atoms with Gasteiger partial charge in [0.25, 0.3) is 0 Å². The molecule has 1 N–H and O–H groups in total. The second kappa shape index (κ2) is 6.55. The van der Waals surface area contributed by atoms with Crippen molar-refractivity contribution in [1.29, 1.82) is 0 Å². The van der Waals surface area contributed by atoms with Crippen LogP contribution in [-0.4, -0.2) is 40.8 Å². The van der Waals surface area contributed by atoms with Crippen LogP contribution in [0.2, 0.25) is 0 Å². The van der Waals surface area contributed by atoms with E-state index in [1.165, 1.54) is 12.8 Å². The molecular weight excluding hydrogens is 252 g/mol. The normalized spacial score (nSPS) is 23.9. The van der Waals surface area contributed by atoms with Crippen molar-refractivity contribution in [1.82, 2.24) is 9.88 Å². The third kappa shape index (κ3) is 2.96. The molecule has 112 valence electrons. The first-order valence-corrected chi connectivity index (χ1v) is 7.44. The molecule has 2 rings (SSSR count). The number of pyridine rings is 1. The summed E-state index contributed by atoms with van der Waals surface area (Å²) in [4.78, 5) is 6.96. The third-order valence-corrected chi connectivity index (χ3v) is 4.49. The summed E-state index contributed by atoms with van der Waals surface area (Å²) in [5, 5.41) is 9.58. The fourth-order valence-electron chi connectivity index (χ4n) is 3.22. The summed E-state index contributed by atoms with van der Waals surface area (Å²) in [5.74, 6) is 0.931. The number of aromatic nitrogens is 1.